The SMILES string of the molecule is COC(=O)COc1ccc(Cc2cc(C)ccc2OCC(=O)OC)cc1C=O. The number of benzene rings is 2. The highest BCUT2D eigenvalue weighted by molar-refractivity contribution is 5.80. The Labute approximate surface area is 163 Å². The maximum atomic E-state index is 11.4. The normalized spacial score (nSPS) is 10.1. The van der Waals surface area contributed by atoms with Crippen LogP contribution in [0.5, 0.6) is 11.5 Å². The van der Waals surface area contributed by atoms with Crippen molar-refractivity contribution in [2.24, 2.45) is 0 Å². The first-order chi connectivity index (χ1) is 13.5. The zero-order valence-electron chi connectivity index (χ0n) is 16.0. The second kappa shape index (κ2) is 10.1. The van der Waals surface area contributed by atoms with Gasteiger partial charge in [0.15, 0.2) is 19.5 Å². The minimum Gasteiger partial charge on any atom is -0.482 e. The molecule has 2 rings (SSSR count). The number of esters is 2. The monoisotopic (exact) mass is 386 g/mol. The summed E-state index contributed by atoms with van der Waals surface area (Å²) in [7, 11) is 2.56. The van der Waals surface area contributed by atoms with Crippen LogP contribution in [-0.2, 0) is 25.5 Å². The van der Waals surface area contributed by atoms with E-state index in [-0.39, 0.29) is 13.2 Å². The third-order valence-corrected chi connectivity index (χ3v) is 3.96. The van der Waals surface area contributed by atoms with E-state index in [0.29, 0.717) is 29.8 Å². The van der Waals surface area contributed by atoms with E-state index in [1.807, 2.05) is 19.1 Å². The molecule has 0 aliphatic rings. The Bertz CT molecular complexity index is 858. The van der Waals surface area contributed by atoms with E-state index in [9.17, 15) is 14.4 Å². The average molecular weight is 386 g/mol. The lowest BCUT2D eigenvalue weighted by atomic mass is 10.0. The summed E-state index contributed by atoms with van der Waals surface area (Å²) in [4.78, 5) is 34.0. The fourth-order valence-electron chi connectivity index (χ4n) is 2.53. The summed E-state index contributed by atoms with van der Waals surface area (Å²) in [5.74, 6) is -0.139. The standard InChI is InChI=1S/C21H22O7/c1-14-4-6-18(27-12-20(23)25-2)16(8-14)9-15-5-7-19(17(10-15)11-22)28-13-21(24)26-3/h4-8,10-11H,9,12-13H2,1-3H3. The van der Waals surface area contributed by atoms with Gasteiger partial charge in [-0.1, -0.05) is 23.8 Å². The third kappa shape index (κ3) is 5.84. The van der Waals surface area contributed by atoms with E-state index >= 15 is 0 Å². The van der Waals surface area contributed by atoms with Crippen molar-refractivity contribution >= 4 is 18.2 Å². The van der Waals surface area contributed by atoms with Crippen LogP contribution in [0.4, 0.5) is 0 Å². The van der Waals surface area contributed by atoms with E-state index in [4.69, 9.17) is 9.47 Å². The molecule has 0 N–H and O–H groups in total. The van der Waals surface area contributed by atoms with Crippen LogP contribution in [0, 0.1) is 6.92 Å². The van der Waals surface area contributed by atoms with Crippen molar-refractivity contribution in [2.45, 2.75) is 13.3 Å². The number of hydrogen-bond acceptors (Lipinski definition) is 7. The quantitative estimate of drug-likeness (QED) is 0.483. The first kappa shape index (κ1) is 21.0. The van der Waals surface area contributed by atoms with Gasteiger partial charge in [0.1, 0.15) is 11.5 Å². The fraction of sp³-hybridized carbons (Fsp3) is 0.286. The molecule has 0 heterocycles. The fourth-order valence-corrected chi connectivity index (χ4v) is 2.53. The molecule has 0 bridgehead atoms. The maximum absolute atomic E-state index is 11.4. The molecule has 0 saturated heterocycles. The zero-order chi connectivity index (χ0) is 20.5. The summed E-state index contributed by atoms with van der Waals surface area (Å²) >= 11 is 0. The molecule has 28 heavy (non-hydrogen) atoms. The van der Waals surface area contributed by atoms with Gasteiger partial charge in [-0.3, -0.25) is 4.79 Å². The molecule has 2 aromatic rings. The summed E-state index contributed by atoms with van der Waals surface area (Å²) in [5, 5.41) is 0. The van der Waals surface area contributed by atoms with E-state index in [0.717, 1.165) is 16.7 Å². The molecule has 7 heteroatoms. The summed E-state index contributed by atoms with van der Waals surface area (Å²) in [6.45, 7) is 1.49. The van der Waals surface area contributed by atoms with E-state index in [1.165, 1.54) is 14.2 Å². The number of aldehydes is 1. The van der Waals surface area contributed by atoms with Gasteiger partial charge in [-0.2, -0.15) is 0 Å². The first-order valence-electron chi connectivity index (χ1n) is 8.53. The second-order valence-corrected chi connectivity index (χ2v) is 6.01. The lowest BCUT2D eigenvalue weighted by Crippen LogP contribution is -2.14. The number of aryl methyl sites for hydroxylation is 1. The van der Waals surface area contributed by atoms with Crippen LogP contribution in [0.15, 0.2) is 36.4 Å². The minimum atomic E-state index is -0.534. The van der Waals surface area contributed by atoms with Crippen LogP contribution in [0.1, 0.15) is 27.0 Å². The summed E-state index contributed by atoms with van der Waals surface area (Å²) < 4.78 is 20.0. The molecule has 0 amide bonds. The van der Waals surface area contributed by atoms with Crippen LogP contribution in [0.2, 0.25) is 0 Å². The van der Waals surface area contributed by atoms with E-state index in [2.05, 4.69) is 9.47 Å². The highest BCUT2D eigenvalue weighted by Crippen LogP contribution is 2.26. The average Bonchev–Trinajstić information content (AvgIpc) is 2.71. The van der Waals surface area contributed by atoms with Crippen molar-refractivity contribution in [1.82, 2.24) is 0 Å². The van der Waals surface area contributed by atoms with Crippen molar-refractivity contribution in [3.05, 3.63) is 58.7 Å². The van der Waals surface area contributed by atoms with Gasteiger partial charge < -0.3 is 18.9 Å². The van der Waals surface area contributed by atoms with Crippen LogP contribution < -0.4 is 9.47 Å². The lowest BCUT2D eigenvalue weighted by molar-refractivity contribution is -0.143. The maximum Gasteiger partial charge on any atom is 0.343 e. The second-order valence-electron chi connectivity index (χ2n) is 6.01. The molecule has 2 aromatic carbocycles. The summed E-state index contributed by atoms with van der Waals surface area (Å²) in [6, 6.07) is 10.7. The first-order valence-corrected chi connectivity index (χ1v) is 8.53. The molecule has 0 aliphatic heterocycles. The van der Waals surface area contributed by atoms with Gasteiger partial charge in [0, 0.05) is 6.42 Å². The molecular weight excluding hydrogens is 364 g/mol. The van der Waals surface area contributed by atoms with Crippen molar-refractivity contribution < 1.29 is 33.3 Å². The van der Waals surface area contributed by atoms with Crippen molar-refractivity contribution in [1.29, 1.82) is 0 Å². The predicted octanol–water partition coefficient (Wildman–Crippen LogP) is 2.50. The predicted molar refractivity (Wildman–Crippen MR) is 101 cm³/mol. The Morgan fingerprint density at radius 3 is 2.11 bits per heavy atom. The third-order valence-electron chi connectivity index (χ3n) is 3.96. The van der Waals surface area contributed by atoms with Crippen LogP contribution in [0.3, 0.4) is 0 Å². The zero-order valence-corrected chi connectivity index (χ0v) is 16.0. The Balaban J connectivity index is 2.20. The summed E-state index contributed by atoms with van der Waals surface area (Å²) in [6.07, 6.45) is 1.15. The summed E-state index contributed by atoms with van der Waals surface area (Å²) in [5.41, 5.74) is 3.07. The number of ether oxygens (including phenoxy) is 4. The van der Waals surface area contributed by atoms with E-state index < -0.39 is 11.9 Å². The molecule has 0 spiro atoms. The van der Waals surface area contributed by atoms with Crippen molar-refractivity contribution in [3.8, 4) is 11.5 Å². The van der Waals surface area contributed by atoms with Crippen LogP contribution in [-0.4, -0.2) is 45.7 Å². The van der Waals surface area contributed by atoms with Gasteiger partial charge in [0.2, 0.25) is 0 Å². The molecule has 0 aromatic heterocycles. The number of carbonyl (C=O) groups is 3. The highest BCUT2D eigenvalue weighted by atomic mass is 16.6. The van der Waals surface area contributed by atoms with Crippen LogP contribution >= 0.6 is 0 Å². The smallest absolute Gasteiger partial charge is 0.343 e. The topological polar surface area (TPSA) is 88.1 Å². The molecule has 7 nitrogen and oxygen atoms in total. The van der Waals surface area contributed by atoms with Gasteiger partial charge in [0.25, 0.3) is 0 Å². The highest BCUT2D eigenvalue weighted by Gasteiger charge is 2.11. The number of rotatable bonds is 9. The Hall–Kier alpha value is -3.35. The molecule has 0 fully saturated rings. The van der Waals surface area contributed by atoms with E-state index in [1.54, 1.807) is 24.3 Å². The molecular formula is C21H22O7. The molecule has 0 atom stereocenters. The Morgan fingerprint density at radius 2 is 1.50 bits per heavy atom. The Kier molecular flexibility index (Phi) is 7.56. The van der Waals surface area contributed by atoms with Gasteiger partial charge in [0.05, 0.1) is 19.8 Å². The number of hydrogen-bond donors (Lipinski definition) is 0. The molecule has 0 radical (unpaired) electrons. The number of carbonyl (C=O) groups excluding carboxylic acids is 3. The van der Waals surface area contributed by atoms with Crippen LogP contribution in [0.25, 0.3) is 0 Å². The van der Waals surface area contributed by atoms with Gasteiger partial charge in [-0.25, -0.2) is 9.59 Å². The van der Waals surface area contributed by atoms with Crippen molar-refractivity contribution in [3.63, 3.8) is 0 Å². The largest absolute Gasteiger partial charge is 0.482 e. The van der Waals surface area contributed by atoms with Crippen molar-refractivity contribution in [2.75, 3.05) is 27.4 Å². The molecule has 0 aliphatic carbocycles. The van der Waals surface area contributed by atoms with Gasteiger partial charge >= 0.3 is 11.9 Å². The molecule has 0 unspecified atom stereocenters. The number of methoxy groups -OCH3 is 2. The molecule has 0 saturated carbocycles. The van der Waals surface area contributed by atoms with Gasteiger partial charge in [-0.05, 0) is 36.2 Å². The minimum absolute atomic E-state index is 0.188. The Morgan fingerprint density at radius 1 is 0.893 bits per heavy atom. The lowest BCUT2D eigenvalue weighted by Gasteiger charge is -2.13. The molecule has 148 valence electrons. The van der Waals surface area contributed by atoms with Gasteiger partial charge in [-0.15, -0.1) is 0 Å².